The number of carboxylic acids is 1. The van der Waals surface area contributed by atoms with Crippen molar-refractivity contribution in [2.75, 3.05) is 58.9 Å². The molecule has 113 heavy (non-hydrogen) atoms. The molecule has 1 fully saturated rings. The van der Waals surface area contributed by atoms with Crippen LogP contribution in [0.15, 0.2) is 49.2 Å². The fraction of sp³-hybridized carbons (Fsp3) is 0.642. The third-order valence-corrected chi connectivity index (χ3v) is 17.4. The van der Waals surface area contributed by atoms with Crippen LogP contribution in [-0.4, -0.2) is 258 Å². The first kappa shape index (κ1) is 97.4. The second-order valence-corrected chi connectivity index (χ2v) is 26.8. The molecule has 46 nitrogen and oxygen atoms in total. The van der Waals surface area contributed by atoms with E-state index in [4.69, 9.17) is 80.3 Å². The molecule has 46 heteroatoms. The van der Waals surface area contributed by atoms with Crippen LogP contribution in [0, 0.1) is 0 Å². The summed E-state index contributed by atoms with van der Waals surface area (Å²) in [5.74, 6) is -14.2. The van der Waals surface area contributed by atoms with Crippen molar-refractivity contribution in [1.82, 2.24) is 58.1 Å². The molecule has 1 saturated heterocycles. The number of phenols is 1. The second-order valence-electron chi connectivity index (χ2n) is 26.8. The van der Waals surface area contributed by atoms with E-state index < -0.39 is 169 Å². The fourth-order valence-electron chi connectivity index (χ4n) is 11.5. The first-order chi connectivity index (χ1) is 53.5. The summed E-state index contributed by atoms with van der Waals surface area (Å²) >= 11 is 0. The summed E-state index contributed by atoms with van der Waals surface area (Å²) < 4.78 is 0. The van der Waals surface area contributed by atoms with Crippen LogP contribution in [0.25, 0.3) is 0 Å². The van der Waals surface area contributed by atoms with Gasteiger partial charge in [0, 0.05) is 52.1 Å². The van der Waals surface area contributed by atoms with Crippen molar-refractivity contribution in [3.8, 4) is 5.75 Å². The number of nitrogens with two attached hydrogens (primary N) is 14. The van der Waals surface area contributed by atoms with Gasteiger partial charge >= 0.3 is 5.97 Å². The third-order valence-electron chi connectivity index (χ3n) is 17.4. The number of nitrogens with zero attached hydrogens (tertiary/aromatic N) is 6. The highest BCUT2D eigenvalue weighted by atomic mass is 16.4. The Bertz CT molecular complexity index is 3420. The van der Waals surface area contributed by atoms with Crippen LogP contribution >= 0.6 is 0 Å². The van der Waals surface area contributed by atoms with Crippen molar-refractivity contribution in [2.24, 2.45) is 105 Å². The Morgan fingerprint density at radius 3 is 1.04 bits per heavy atom. The van der Waals surface area contributed by atoms with E-state index in [1.54, 1.807) is 0 Å². The largest absolute Gasteiger partial charge is 0.508 e. The molecule has 0 unspecified atom stereocenters. The van der Waals surface area contributed by atoms with Gasteiger partial charge in [-0.15, -0.1) is 0 Å². The quantitative estimate of drug-likeness (QED) is 0.0164. The Kier molecular flexibility index (Phi) is 45.9. The zero-order chi connectivity index (χ0) is 84.7. The molecule has 0 radical (unpaired) electrons. The molecule has 0 bridgehead atoms. The first-order valence-electron chi connectivity index (χ1n) is 37.2. The van der Waals surface area contributed by atoms with Crippen molar-refractivity contribution in [3.05, 3.63) is 29.8 Å². The third kappa shape index (κ3) is 40.2. The van der Waals surface area contributed by atoms with E-state index in [9.17, 15) is 68.1 Å². The number of guanidine groups is 5. The number of aliphatic hydroxyl groups excluding tert-OH is 1. The van der Waals surface area contributed by atoms with Gasteiger partial charge in [-0.3, -0.25) is 87.3 Å². The molecule has 0 saturated carbocycles. The number of carboxylic acid groups (broad SMARTS) is 1. The topological polar surface area (TPSA) is 832 Å². The molecule has 2 rings (SSSR count). The molecular weight excluding hydrogens is 1480 g/mol. The molecule has 1 heterocycles. The van der Waals surface area contributed by atoms with E-state index in [1.165, 1.54) is 31.2 Å². The van der Waals surface area contributed by atoms with Gasteiger partial charge in [-0.1, -0.05) is 12.1 Å². The number of unbranched alkanes of at least 4 members (excludes halogenated alkanes) is 2. The number of carbonyl (C=O) groups is 13. The minimum Gasteiger partial charge on any atom is -0.508 e. The van der Waals surface area contributed by atoms with Crippen molar-refractivity contribution in [3.63, 3.8) is 0 Å². The van der Waals surface area contributed by atoms with Gasteiger partial charge in [0.15, 0.2) is 29.8 Å². The molecule has 0 aromatic heterocycles. The van der Waals surface area contributed by atoms with Gasteiger partial charge in [-0.25, -0.2) is 0 Å². The highest BCUT2D eigenvalue weighted by molar-refractivity contribution is 6.00. The van der Waals surface area contributed by atoms with Crippen molar-refractivity contribution >= 4 is 107 Å². The van der Waals surface area contributed by atoms with Gasteiger partial charge < -0.3 is 154 Å². The Morgan fingerprint density at radius 1 is 0.434 bits per heavy atom. The maximum Gasteiger partial charge on any atom is 0.322 e. The highest BCUT2D eigenvalue weighted by Crippen LogP contribution is 2.21. The Hall–Kier alpha value is -11.7. The summed E-state index contributed by atoms with van der Waals surface area (Å²) in [6, 6.07) is -10.9. The Balaban J connectivity index is 2.79. The molecule has 0 spiro atoms. The van der Waals surface area contributed by atoms with E-state index in [1.807, 2.05) is 0 Å². The number of aliphatic hydroxyl groups is 1. The number of phenolic OH excluding ortho intramolecular Hbond substituents is 1. The Labute approximate surface area is 654 Å². The fourth-order valence-corrected chi connectivity index (χ4v) is 11.5. The normalized spacial score (nSPS) is 15.2. The average molecular weight is 1600 g/mol. The predicted octanol–water partition coefficient (Wildman–Crippen LogP) is -11.0. The van der Waals surface area contributed by atoms with E-state index >= 15 is 9.59 Å². The SMILES string of the molecule is C[C@@H](O)[C@H](N)C(=O)N1CCC[C@H]1C(=O)N[C@@H](CCC(N)=O)C(=O)N[C@@H](CCCN=C(N)N)C(=O)N[C@@H](Cc1ccc(O)cc1)C(=O)N[C@@H](CCCN=C(N)N)C(=O)N[C@@H](CCCN=C(N)N)C(=O)N[C@@H](CCCN=C(N)N)C(=O)N[C@@H](CCCCN)C(=O)N[C@@H](CCCCN)C(=O)N[C@@H](CCCN=C(N)N)C(=O)NCC(=O)O. The molecular formula is C67H120N30O16. The van der Waals surface area contributed by atoms with Gasteiger partial charge in [0.25, 0.3) is 0 Å². The van der Waals surface area contributed by atoms with Gasteiger partial charge in [0.05, 0.1) is 6.10 Å². The van der Waals surface area contributed by atoms with E-state index in [0.717, 1.165) is 4.90 Å². The maximum atomic E-state index is 15.1. The number of rotatable bonds is 56. The van der Waals surface area contributed by atoms with Crippen LogP contribution in [0.5, 0.6) is 5.75 Å². The number of aromatic hydroxyl groups is 1. The van der Waals surface area contributed by atoms with Crippen LogP contribution in [-0.2, 0) is 68.7 Å². The molecule has 0 aliphatic carbocycles. The molecule has 1 aliphatic rings. The molecule has 634 valence electrons. The van der Waals surface area contributed by atoms with Gasteiger partial charge in [-0.05, 0) is 160 Å². The summed E-state index contributed by atoms with van der Waals surface area (Å²) in [6.45, 7) is 0.583. The minimum absolute atomic E-state index is 0.00254. The lowest BCUT2D eigenvalue weighted by Crippen LogP contribution is -2.61. The van der Waals surface area contributed by atoms with Crippen molar-refractivity contribution in [2.45, 2.75) is 214 Å². The van der Waals surface area contributed by atoms with Crippen LogP contribution < -0.4 is 133 Å². The number of amides is 12. The number of nitrogens with one attached hydrogen (secondary N) is 10. The van der Waals surface area contributed by atoms with Gasteiger partial charge in [0.2, 0.25) is 70.9 Å². The highest BCUT2D eigenvalue weighted by Gasteiger charge is 2.40. The number of aliphatic imine (C=N–C) groups is 5. The zero-order valence-corrected chi connectivity index (χ0v) is 63.9. The lowest BCUT2D eigenvalue weighted by Gasteiger charge is -2.30. The Morgan fingerprint density at radius 2 is 0.735 bits per heavy atom. The van der Waals surface area contributed by atoms with Crippen LogP contribution in [0.1, 0.15) is 141 Å². The number of primary amides is 1. The lowest BCUT2D eigenvalue weighted by atomic mass is 10.0. The second kappa shape index (κ2) is 53.3. The summed E-state index contributed by atoms with van der Waals surface area (Å²) in [6.07, 6.45) is -1.91. The zero-order valence-electron chi connectivity index (χ0n) is 63.9. The van der Waals surface area contributed by atoms with Gasteiger partial charge in [0.1, 0.15) is 78.8 Å². The standard InChI is InChI=1S/C67H120N30O16/c1-36(98)51(71)62(113)97-33-11-19-48(97)61(112)95-46(24-25-49(70)100)59(110)93-45(18-10-32-86-67(80)81)58(109)96-47(34-37-20-22-38(99)23-21-37)60(111)94-44(17-9-31-85-66(78)79)57(108)92-43(16-8-30-84-65(76)77)56(107)91-42(15-7-29-83-64(74)75)55(106)90-41(13-3-5-27-69)54(105)89-40(12-2-4-26-68)53(104)88-39(14-6-28-82-63(72)73)52(103)87-35-50(101)102/h20-23,36,39-48,51,98-99H,2-19,24-35,68-69,71H2,1H3,(H2,70,100)(H,87,103)(H,88,104)(H,89,105)(H,90,106)(H,91,107)(H,92,108)(H,93,110)(H,94,111)(H,95,112)(H,96,109)(H,101,102)(H4,72,73,82)(H4,74,75,83)(H4,76,77,84)(H4,78,79,85)(H4,80,81,86)/t36-,39+,40+,41+,42+,43+,44+,45+,46+,47+,48+,51+/m1/s1. The number of carbonyl (C=O) groups excluding carboxylic acids is 12. The van der Waals surface area contributed by atoms with Gasteiger partial charge in [-0.2, -0.15) is 0 Å². The monoisotopic (exact) mass is 1600 g/mol. The van der Waals surface area contributed by atoms with E-state index in [-0.39, 0.29) is 191 Å². The van der Waals surface area contributed by atoms with Crippen molar-refractivity contribution < 1.29 is 77.6 Å². The number of hydrogen-bond acceptors (Lipinski definition) is 23. The van der Waals surface area contributed by atoms with Crippen LogP contribution in [0.3, 0.4) is 0 Å². The smallest absolute Gasteiger partial charge is 0.322 e. The van der Waals surface area contributed by atoms with Crippen LogP contribution in [0.4, 0.5) is 0 Å². The molecule has 1 aliphatic heterocycles. The van der Waals surface area contributed by atoms with Crippen molar-refractivity contribution in [1.29, 1.82) is 0 Å². The molecule has 41 N–H and O–H groups in total. The number of aliphatic carboxylic acids is 1. The predicted molar refractivity (Wildman–Crippen MR) is 418 cm³/mol. The van der Waals surface area contributed by atoms with E-state index in [0.29, 0.717) is 24.8 Å². The maximum absolute atomic E-state index is 15.1. The van der Waals surface area contributed by atoms with Crippen LogP contribution in [0.2, 0.25) is 0 Å². The lowest BCUT2D eigenvalue weighted by molar-refractivity contribution is -0.142. The average Bonchev–Trinajstić information content (AvgIpc) is 1.79. The summed E-state index contributed by atoms with van der Waals surface area (Å²) in [5.41, 5.74) is 79.3. The minimum atomic E-state index is -1.67. The molecule has 1 aromatic carbocycles. The summed E-state index contributed by atoms with van der Waals surface area (Å²) in [7, 11) is 0. The summed E-state index contributed by atoms with van der Waals surface area (Å²) in [5, 5.41) is 55.5. The summed E-state index contributed by atoms with van der Waals surface area (Å²) in [4.78, 5) is 203. The van der Waals surface area contributed by atoms with E-state index in [2.05, 4.69) is 78.1 Å². The number of hydrogen-bond donors (Lipinski definition) is 27. The number of likely N-dealkylation sites (tertiary alicyclic amines) is 1. The molecule has 12 amide bonds. The molecule has 12 atom stereocenters. The first-order valence-corrected chi connectivity index (χ1v) is 37.2. The molecule has 1 aromatic rings. The number of benzene rings is 1.